The van der Waals surface area contributed by atoms with Crippen LogP contribution in [0.15, 0.2) is 25.3 Å². The second-order valence-corrected chi connectivity index (χ2v) is 1.67. The second-order valence-electron chi connectivity index (χ2n) is 1.67. The Kier molecular flexibility index (Phi) is 16.0. The fourth-order valence-electron chi connectivity index (χ4n) is 0.363. The van der Waals surface area contributed by atoms with Gasteiger partial charge in [0.25, 0.3) is 0 Å². The number of rotatable bonds is 4. The van der Waals surface area contributed by atoms with E-state index in [0.717, 1.165) is 12.2 Å². The molecule has 0 fully saturated rings. The van der Waals surface area contributed by atoms with Crippen LogP contribution in [0.1, 0.15) is 0 Å². The Morgan fingerprint density at radius 2 is 1.38 bits per heavy atom. The summed E-state index contributed by atoms with van der Waals surface area (Å²) < 4.78 is 0. The number of nitrogens with one attached hydrogen (secondary N) is 2. The van der Waals surface area contributed by atoms with Gasteiger partial charge in [0.05, 0.1) is 6.67 Å². The van der Waals surface area contributed by atoms with Crippen LogP contribution in [-0.2, 0) is 9.59 Å². The average molecular weight is 194 g/mol. The van der Waals surface area contributed by atoms with Crippen molar-refractivity contribution in [1.29, 1.82) is 0 Å². The summed E-state index contributed by atoms with van der Waals surface area (Å²) >= 11 is 0. The quantitative estimate of drug-likeness (QED) is 0.275. The van der Waals surface area contributed by atoms with Crippen LogP contribution in [0.4, 0.5) is 0 Å². The number of carbonyl (C=O) groups is 2. The molecule has 0 saturated carbocycles. The third-order valence-corrected chi connectivity index (χ3v) is 0.896. The summed E-state index contributed by atoms with van der Waals surface area (Å²) in [6.07, 6.45) is 2.25. The summed E-state index contributed by atoms with van der Waals surface area (Å²) in [6.45, 7) is 6.56. The smallest absolute Gasteiger partial charge is 0.870 e. The van der Waals surface area contributed by atoms with Gasteiger partial charge in [0, 0.05) is 0 Å². The Bertz CT molecular complexity index is 174. The van der Waals surface area contributed by atoms with Crippen LogP contribution in [0.3, 0.4) is 0 Å². The summed E-state index contributed by atoms with van der Waals surface area (Å²) in [4.78, 5) is 21.0. The monoisotopic (exact) mass is 194 g/mol. The minimum absolute atomic E-state index is 0. The summed E-state index contributed by atoms with van der Waals surface area (Å²) in [5.41, 5.74) is 0. The molecule has 0 rings (SSSR count). The van der Waals surface area contributed by atoms with Gasteiger partial charge in [0.2, 0.25) is 11.8 Å². The van der Waals surface area contributed by atoms with Crippen molar-refractivity contribution >= 4 is 11.8 Å². The van der Waals surface area contributed by atoms with Gasteiger partial charge in [0.1, 0.15) is 0 Å². The molecule has 0 aliphatic rings. The number of amides is 2. The van der Waals surface area contributed by atoms with Crippen LogP contribution in [0, 0.1) is 0 Å². The summed E-state index contributed by atoms with van der Waals surface area (Å²) in [5.74, 6) is -0.649. The van der Waals surface area contributed by atoms with E-state index in [1.165, 1.54) is 0 Å². The molecule has 0 spiro atoms. The van der Waals surface area contributed by atoms with Crippen LogP contribution in [0.2, 0.25) is 0 Å². The van der Waals surface area contributed by atoms with Gasteiger partial charge < -0.3 is 16.1 Å². The Morgan fingerprint density at radius 1 is 1.08 bits per heavy atom. The van der Waals surface area contributed by atoms with Crippen molar-refractivity contribution in [3.05, 3.63) is 25.3 Å². The van der Waals surface area contributed by atoms with Gasteiger partial charge in [0.15, 0.2) is 0 Å². The SMILES string of the molecule is C=CC(=O)NCNC(=O)C=C.[Na+].[OH-]. The minimum Gasteiger partial charge on any atom is -0.870 e. The normalized spacial score (nSPS) is 6.77. The first-order chi connectivity index (χ1) is 5.20. The Labute approximate surface area is 98.9 Å². The van der Waals surface area contributed by atoms with E-state index in [9.17, 15) is 9.59 Å². The number of hydrogen-bond acceptors (Lipinski definition) is 3. The molecule has 3 N–H and O–H groups in total. The zero-order chi connectivity index (χ0) is 8.69. The van der Waals surface area contributed by atoms with Crippen LogP contribution in [-0.4, -0.2) is 24.0 Å². The van der Waals surface area contributed by atoms with Crippen LogP contribution < -0.4 is 40.2 Å². The predicted molar refractivity (Wildman–Crippen MR) is 43.5 cm³/mol. The van der Waals surface area contributed by atoms with Crippen molar-refractivity contribution in [2.24, 2.45) is 0 Å². The maximum absolute atomic E-state index is 10.5. The second kappa shape index (κ2) is 11.4. The summed E-state index contributed by atoms with van der Waals surface area (Å²) in [7, 11) is 0. The molecule has 13 heavy (non-hydrogen) atoms. The molecule has 0 radical (unpaired) electrons. The zero-order valence-corrected chi connectivity index (χ0v) is 9.54. The third-order valence-electron chi connectivity index (χ3n) is 0.896. The first kappa shape index (κ1) is 18.2. The van der Waals surface area contributed by atoms with E-state index in [-0.39, 0.29) is 53.5 Å². The standard InChI is InChI=1S/C7H10N2O2.Na.H2O/c1-3-6(10)8-5-9-7(11)4-2;;/h3-4H,1-2,5H2,(H,8,10)(H,9,11);;1H2/q;+1;/p-1. The van der Waals surface area contributed by atoms with Crippen LogP contribution in [0.25, 0.3) is 0 Å². The fraction of sp³-hybridized carbons (Fsp3) is 0.143. The third kappa shape index (κ3) is 11.4. The van der Waals surface area contributed by atoms with E-state index in [4.69, 9.17) is 0 Å². The molecule has 68 valence electrons. The number of carbonyl (C=O) groups excluding carboxylic acids is 2. The molecular weight excluding hydrogens is 183 g/mol. The van der Waals surface area contributed by atoms with Gasteiger partial charge in [-0.3, -0.25) is 9.59 Å². The molecule has 0 unspecified atom stereocenters. The van der Waals surface area contributed by atoms with Crippen molar-refractivity contribution in [1.82, 2.24) is 10.6 Å². The summed E-state index contributed by atoms with van der Waals surface area (Å²) in [5, 5.41) is 4.72. The average Bonchev–Trinajstić information content (AvgIpc) is 2.04. The Hall–Kier alpha value is -0.620. The Morgan fingerprint density at radius 3 is 1.62 bits per heavy atom. The molecule has 0 heterocycles. The predicted octanol–water partition coefficient (Wildman–Crippen LogP) is -3.62. The van der Waals surface area contributed by atoms with Gasteiger partial charge in [-0.15, -0.1) is 0 Å². The van der Waals surface area contributed by atoms with Crippen LogP contribution >= 0.6 is 0 Å². The zero-order valence-electron chi connectivity index (χ0n) is 7.54. The molecule has 2 amide bonds. The van der Waals surface area contributed by atoms with Gasteiger partial charge in [-0.25, -0.2) is 0 Å². The molecule has 0 aromatic rings. The van der Waals surface area contributed by atoms with Gasteiger partial charge >= 0.3 is 29.6 Å². The van der Waals surface area contributed by atoms with Crippen molar-refractivity contribution in [2.45, 2.75) is 0 Å². The van der Waals surface area contributed by atoms with Gasteiger partial charge in [-0.1, -0.05) is 13.2 Å². The molecule has 0 bridgehead atoms. The van der Waals surface area contributed by atoms with E-state index < -0.39 is 0 Å². The molecule has 5 nitrogen and oxygen atoms in total. The molecule has 0 aromatic carbocycles. The van der Waals surface area contributed by atoms with E-state index in [1.807, 2.05) is 0 Å². The van der Waals surface area contributed by atoms with Crippen molar-refractivity contribution in [2.75, 3.05) is 6.67 Å². The number of hydrogen-bond donors (Lipinski definition) is 2. The van der Waals surface area contributed by atoms with Crippen molar-refractivity contribution in [3.8, 4) is 0 Å². The molecule has 0 atom stereocenters. The first-order valence-corrected chi connectivity index (χ1v) is 3.01. The van der Waals surface area contributed by atoms with E-state index >= 15 is 0 Å². The maximum atomic E-state index is 10.5. The molecule has 6 heteroatoms. The Balaban J connectivity index is -0.000000500. The molecular formula is C7H11N2NaO3. The molecule has 0 aliphatic heterocycles. The minimum atomic E-state index is -0.325. The molecule has 0 saturated heterocycles. The largest absolute Gasteiger partial charge is 1.00 e. The first-order valence-electron chi connectivity index (χ1n) is 3.01. The van der Waals surface area contributed by atoms with Crippen molar-refractivity contribution < 1.29 is 44.6 Å². The van der Waals surface area contributed by atoms with Gasteiger partial charge in [-0.2, -0.15) is 0 Å². The topological polar surface area (TPSA) is 88.2 Å². The van der Waals surface area contributed by atoms with E-state index in [1.54, 1.807) is 0 Å². The van der Waals surface area contributed by atoms with Crippen molar-refractivity contribution in [3.63, 3.8) is 0 Å². The van der Waals surface area contributed by atoms with Crippen LogP contribution in [0.5, 0.6) is 0 Å². The molecule has 0 aliphatic carbocycles. The molecule has 0 aromatic heterocycles. The fourth-order valence-corrected chi connectivity index (χ4v) is 0.363. The summed E-state index contributed by atoms with van der Waals surface area (Å²) in [6, 6.07) is 0. The van der Waals surface area contributed by atoms with Gasteiger partial charge in [-0.05, 0) is 12.2 Å². The maximum Gasteiger partial charge on any atom is 1.00 e. The van der Waals surface area contributed by atoms with E-state index in [0.29, 0.717) is 0 Å². The van der Waals surface area contributed by atoms with E-state index in [2.05, 4.69) is 23.8 Å².